The fourth-order valence-corrected chi connectivity index (χ4v) is 5.21. The summed E-state index contributed by atoms with van der Waals surface area (Å²) in [6.07, 6.45) is -0.122. The van der Waals surface area contributed by atoms with Crippen molar-refractivity contribution in [3.05, 3.63) is 59.4 Å². The number of para-hydroxylation sites is 1. The summed E-state index contributed by atoms with van der Waals surface area (Å²) in [6.45, 7) is 4.43. The smallest absolute Gasteiger partial charge is 0.361 e. The standard InChI is InChI=1S/C23H25F3N4/c1-14-4-2-5-17-16(11-28-22(14)17)10-27-19-9-8-15-12-30(13-18(15)19)21-7-3-6-20(29-21)23(24,25)26/h2-7,11,15,18-19,27-28H,8-10,12-13H2,1H3/t15-,18+,19+/m1/s1. The fraction of sp³-hybridized carbons (Fsp3) is 0.435. The Bertz CT molecular complexity index is 1060. The molecular formula is C23H25F3N4. The van der Waals surface area contributed by atoms with Gasteiger partial charge in [0.1, 0.15) is 11.5 Å². The van der Waals surface area contributed by atoms with Crippen LogP contribution >= 0.6 is 0 Å². The molecule has 3 atom stereocenters. The van der Waals surface area contributed by atoms with Crippen molar-refractivity contribution in [2.45, 2.75) is 38.5 Å². The first kappa shape index (κ1) is 19.4. The van der Waals surface area contributed by atoms with Crippen LogP contribution < -0.4 is 10.2 Å². The number of hydrogen-bond donors (Lipinski definition) is 2. The molecule has 4 nitrogen and oxygen atoms in total. The molecule has 2 N–H and O–H groups in total. The number of halogens is 3. The van der Waals surface area contributed by atoms with Gasteiger partial charge in [-0.05, 0) is 54.9 Å². The van der Waals surface area contributed by atoms with E-state index in [0.29, 0.717) is 23.7 Å². The predicted octanol–water partition coefficient (Wildman–Crippen LogP) is 4.89. The Labute approximate surface area is 173 Å². The zero-order chi connectivity index (χ0) is 20.9. The minimum Gasteiger partial charge on any atom is -0.361 e. The van der Waals surface area contributed by atoms with Crippen LogP contribution in [0.1, 0.15) is 29.7 Å². The molecule has 0 bridgehead atoms. The third-order valence-electron chi connectivity index (χ3n) is 6.77. The van der Waals surface area contributed by atoms with Gasteiger partial charge in [0, 0.05) is 42.8 Å². The quantitative estimate of drug-likeness (QED) is 0.639. The second kappa shape index (κ2) is 7.30. The lowest BCUT2D eigenvalue weighted by Crippen LogP contribution is -2.35. The third-order valence-corrected chi connectivity index (χ3v) is 6.77. The lowest BCUT2D eigenvalue weighted by atomic mass is 9.97. The van der Waals surface area contributed by atoms with Gasteiger partial charge in [0.05, 0.1) is 0 Å². The zero-order valence-electron chi connectivity index (χ0n) is 16.8. The van der Waals surface area contributed by atoms with Crippen LogP contribution in [0, 0.1) is 18.8 Å². The van der Waals surface area contributed by atoms with Gasteiger partial charge < -0.3 is 15.2 Å². The predicted molar refractivity (Wildman–Crippen MR) is 111 cm³/mol. The molecule has 1 aliphatic heterocycles. The number of rotatable bonds is 4. The summed E-state index contributed by atoms with van der Waals surface area (Å²) in [5, 5.41) is 4.98. The van der Waals surface area contributed by atoms with Crippen molar-refractivity contribution in [1.82, 2.24) is 15.3 Å². The molecule has 2 fully saturated rings. The minimum absolute atomic E-state index is 0.376. The number of nitrogens with one attached hydrogen (secondary N) is 2. The molecular weight excluding hydrogens is 389 g/mol. The summed E-state index contributed by atoms with van der Waals surface area (Å²) in [7, 11) is 0. The number of pyridine rings is 1. The van der Waals surface area contributed by atoms with Crippen molar-refractivity contribution in [2.75, 3.05) is 18.0 Å². The van der Waals surface area contributed by atoms with Crippen LogP contribution in [0.25, 0.3) is 10.9 Å². The third kappa shape index (κ3) is 3.45. The van der Waals surface area contributed by atoms with E-state index in [1.54, 1.807) is 6.07 Å². The van der Waals surface area contributed by atoms with Gasteiger partial charge in [-0.15, -0.1) is 0 Å². The van der Waals surface area contributed by atoms with Crippen LogP contribution in [-0.2, 0) is 12.7 Å². The number of hydrogen-bond acceptors (Lipinski definition) is 3. The highest BCUT2D eigenvalue weighted by Gasteiger charge is 2.43. The Hall–Kier alpha value is -2.54. The van der Waals surface area contributed by atoms with E-state index in [0.717, 1.165) is 38.5 Å². The number of anilines is 1. The SMILES string of the molecule is Cc1cccc2c(CN[C@H]3CC[C@@H]4CN(c5cccc(C(F)(F)F)n5)C[C@@H]43)c[nH]c12. The number of aryl methyl sites for hydroxylation is 1. The highest BCUT2D eigenvalue weighted by atomic mass is 19.4. The molecule has 0 spiro atoms. The molecule has 30 heavy (non-hydrogen) atoms. The molecule has 158 valence electrons. The van der Waals surface area contributed by atoms with Gasteiger partial charge in [0.2, 0.25) is 0 Å². The van der Waals surface area contributed by atoms with Gasteiger partial charge in [0.15, 0.2) is 0 Å². The lowest BCUT2D eigenvalue weighted by molar-refractivity contribution is -0.141. The van der Waals surface area contributed by atoms with Crippen molar-refractivity contribution in [2.24, 2.45) is 11.8 Å². The van der Waals surface area contributed by atoms with E-state index >= 15 is 0 Å². The van der Waals surface area contributed by atoms with Crippen LogP contribution in [-0.4, -0.2) is 29.1 Å². The highest BCUT2D eigenvalue weighted by molar-refractivity contribution is 5.85. The summed E-state index contributed by atoms with van der Waals surface area (Å²) in [5.74, 6) is 1.38. The zero-order valence-corrected chi connectivity index (χ0v) is 16.8. The minimum atomic E-state index is -4.41. The topological polar surface area (TPSA) is 44.0 Å². The molecule has 5 rings (SSSR count). The van der Waals surface area contributed by atoms with E-state index in [1.807, 2.05) is 4.90 Å². The Morgan fingerprint density at radius 3 is 2.80 bits per heavy atom. The molecule has 7 heteroatoms. The molecule has 1 saturated heterocycles. The van der Waals surface area contributed by atoms with E-state index < -0.39 is 11.9 Å². The number of aromatic amines is 1. The Kier molecular flexibility index (Phi) is 4.73. The van der Waals surface area contributed by atoms with E-state index in [1.165, 1.54) is 28.1 Å². The first-order valence-corrected chi connectivity index (χ1v) is 10.5. The molecule has 2 aromatic heterocycles. The molecule has 1 aliphatic carbocycles. The number of fused-ring (bicyclic) bond motifs is 2. The second-order valence-electron chi connectivity index (χ2n) is 8.58. The van der Waals surface area contributed by atoms with Crippen LogP contribution in [0.15, 0.2) is 42.6 Å². The largest absolute Gasteiger partial charge is 0.433 e. The van der Waals surface area contributed by atoms with E-state index in [-0.39, 0.29) is 0 Å². The van der Waals surface area contributed by atoms with Gasteiger partial charge in [-0.25, -0.2) is 4.98 Å². The number of alkyl halides is 3. The van der Waals surface area contributed by atoms with Crippen molar-refractivity contribution in [1.29, 1.82) is 0 Å². The fourth-order valence-electron chi connectivity index (χ4n) is 5.21. The summed E-state index contributed by atoms with van der Waals surface area (Å²) >= 11 is 0. The molecule has 3 heterocycles. The van der Waals surface area contributed by atoms with E-state index in [2.05, 4.69) is 46.6 Å². The van der Waals surface area contributed by atoms with Crippen molar-refractivity contribution in [3.63, 3.8) is 0 Å². The normalized spacial score (nSPS) is 24.0. The molecule has 0 radical (unpaired) electrons. The molecule has 1 saturated carbocycles. The monoisotopic (exact) mass is 414 g/mol. The second-order valence-corrected chi connectivity index (χ2v) is 8.58. The Morgan fingerprint density at radius 1 is 1.13 bits per heavy atom. The van der Waals surface area contributed by atoms with Gasteiger partial charge in [-0.3, -0.25) is 0 Å². The number of benzene rings is 1. The number of H-pyrrole nitrogens is 1. The van der Waals surface area contributed by atoms with Crippen LogP contribution in [0.5, 0.6) is 0 Å². The summed E-state index contributed by atoms with van der Waals surface area (Å²) in [4.78, 5) is 9.28. The maximum absolute atomic E-state index is 13.0. The molecule has 0 unspecified atom stereocenters. The lowest BCUT2D eigenvalue weighted by Gasteiger charge is -2.23. The van der Waals surface area contributed by atoms with Crippen LogP contribution in [0.2, 0.25) is 0 Å². The summed E-state index contributed by atoms with van der Waals surface area (Å²) < 4.78 is 39.1. The first-order valence-electron chi connectivity index (χ1n) is 10.5. The average molecular weight is 414 g/mol. The van der Waals surface area contributed by atoms with Gasteiger partial charge in [0.25, 0.3) is 0 Å². The molecule has 0 amide bonds. The molecule has 2 aliphatic rings. The number of aromatic nitrogens is 2. The van der Waals surface area contributed by atoms with Crippen molar-refractivity contribution < 1.29 is 13.2 Å². The highest BCUT2D eigenvalue weighted by Crippen LogP contribution is 2.40. The van der Waals surface area contributed by atoms with Gasteiger partial charge in [-0.2, -0.15) is 13.2 Å². The van der Waals surface area contributed by atoms with Gasteiger partial charge in [-0.1, -0.05) is 24.3 Å². The Balaban J connectivity index is 1.27. The summed E-state index contributed by atoms with van der Waals surface area (Å²) in [5.41, 5.74) is 2.86. The van der Waals surface area contributed by atoms with Gasteiger partial charge >= 0.3 is 6.18 Å². The first-order chi connectivity index (χ1) is 14.4. The summed E-state index contributed by atoms with van der Waals surface area (Å²) in [6, 6.07) is 10.9. The maximum Gasteiger partial charge on any atom is 0.433 e. The molecule has 1 aromatic carbocycles. The molecule has 3 aromatic rings. The Morgan fingerprint density at radius 2 is 1.97 bits per heavy atom. The van der Waals surface area contributed by atoms with Crippen molar-refractivity contribution >= 4 is 16.7 Å². The van der Waals surface area contributed by atoms with Crippen LogP contribution in [0.3, 0.4) is 0 Å². The average Bonchev–Trinajstić information content (AvgIpc) is 3.41. The maximum atomic E-state index is 13.0. The van der Waals surface area contributed by atoms with E-state index in [4.69, 9.17) is 0 Å². The van der Waals surface area contributed by atoms with Crippen molar-refractivity contribution in [3.8, 4) is 0 Å². The number of nitrogens with zero attached hydrogens (tertiary/aromatic N) is 2. The van der Waals surface area contributed by atoms with Crippen LogP contribution in [0.4, 0.5) is 19.0 Å². The van der Waals surface area contributed by atoms with E-state index in [9.17, 15) is 13.2 Å².